The summed E-state index contributed by atoms with van der Waals surface area (Å²) in [7, 11) is 0. The number of carbonyl (C=O) groups excluding carboxylic acids is 1. The zero-order valence-electron chi connectivity index (χ0n) is 7.85. The molecule has 74 valence electrons. The van der Waals surface area contributed by atoms with Crippen LogP contribution >= 0.6 is 0 Å². The number of hydrogen-bond acceptors (Lipinski definition) is 2. The minimum atomic E-state index is -0.501. The first-order chi connectivity index (χ1) is 7.29. The molecule has 1 aromatic heterocycles. The predicted molar refractivity (Wildman–Crippen MR) is 54.1 cm³/mol. The highest BCUT2D eigenvalue weighted by atomic mass is 19.1. The van der Waals surface area contributed by atoms with Crippen LogP contribution in [0.3, 0.4) is 0 Å². The molecule has 0 unspecified atom stereocenters. The van der Waals surface area contributed by atoms with Crippen LogP contribution in [-0.4, -0.2) is 10.8 Å². The molecule has 1 heterocycles. The molecule has 0 aliphatic carbocycles. The Kier molecular flexibility index (Phi) is 2.54. The summed E-state index contributed by atoms with van der Waals surface area (Å²) in [5.74, 6) is -0.824. The van der Waals surface area contributed by atoms with Crippen molar-refractivity contribution >= 4 is 5.78 Å². The minimum absolute atomic E-state index is 0.0868. The molecule has 15 heavy (non-hydrogen) atoms. The van der Waals surface area contributed by atoms with Crippen molar-refractivity contribution in [2.24, 2.45) is 0 Å². The lowest BCUT2D eigenvalue weighted by Crippen LogP contribution is -2.03. The van der Waals surface area contributed by atoms with Gasteiger partial charge in [-0.3, -0.25) is 9.78 Å². The quantitative estimate of drug-likeness (QED) is 0.698. The molecule has 0 N–H and O–H groups in total. The summed E-state index contributed by atoms with van der Waals surface area (Å²) in [5, 5.41) is 0. The van der Waals surface area contributed by atoms with Crippen molar-refractivity contribution in [2.45, 2.75) is 0 Å². The maximum absolute atomic E-state index is 13.3. The first-order valence-corrected chi connectivity index (χ1v) is 4.48. The molecule has 0 fully saturated rings. The van der Waals surface area contributed by atoms with E-state index in [4.69, 9.17) is 0 Å². The van der Waals surface area contributed by atoms with Gasteiger partial charge in [-0.2, -0.15) is 0 Å². The fourth-order valence-electron chi connectivity index (χ4n) is 1.30. The second-order valence-electron chi connectivity index (χ2n) is 3.04. The molecule has 2 rings (SSSR count). The maximum atomic E-state index is 13.3. The summed E-state index contributed by atoms with van der Waals surface area (Å²) in [6.45, 7) is 0. The number of carbonyl (C=O) groups is 1. The molecule has 0 spiro atoms. The smallest absolute Gasteiger partial charge is 0.196 e. The Labute approximate surface area is 86.4 Å². The number of ketones is 1. The molecule has 0 aliphatic heterocycles. The summed E-state index contributed by atoms with van der Waals surface area (Å²) in [4.78, 5) is 15.6. The van der Waals surface area contributed by atoms with E-state index in [1.165, 1.54) is 24.5 Å². The zero-order chi connectivity index (χ0) is 10.7. The molecule has 0 saturated heterocycles. The monoisotopic (exact) mass is 201 g/mol. The van der Waals surface area contributed by atoms with Crippen molar-refractivity contribution in [1.82, 2.24) is 4.98 Å². The lowest BCUT2D eigenvalue weighted by Gasteiger charge is -2.01. The molecule has 0 saturated carbocycles. The van der Waals surface area contributed by atoms with Crippen LogP contribution in [0.5, 0.6) is 0 Å². The van der Waals surface area contributed by atoms with E-state index in [1.807, 2.05) is 0 Å². The topological polar surface area (TPSA) is 30.0 Å². The molecule has 0 radical (unpaired) electrons. The van der Waals surface area contributed by atoms with Gasteiger partial charge in [0, 0.05) is 18.0 Å². The second-order valence-corrected chi connectivity index (χ2v) is 3.04. The van der Waals surface area contributed by atoms with Crippen molar-refractivity contribution < 1.29 is 9.18 Å². The number of benzene rings is 1. The van der Waals surface area contributed by atoms with Crippen LogP contribution in [0.2, 0.25) is 0 Å². The normalized spacial score (nSPS) is 9.93. The number of pyridine rings is 1. The summed E-state index contributed by atoms with van der Waals surface area (Å²) in [5.41, 5.74) is 0.527. The second kappa shape index (κ2) is 4.00. The molecule has 2 nitrogen and oxygen atoms in total. The predicted octanol–water partition coefficient (Wildman–Crippen LogP) is 2.45. The van der Waals surface area contributed by atoms with Crippen molar-refractivity contribution in [3.05, 3.63) is 65.7 Å². The number of nitrogens with zero attached hydrogens (tertiary/aromatic N) is 1. The van der Waals surface area contributed by atoms with E-state index in [0.29, 0.717) is 5.56 Å². The highest BCUT2D eigenvalue weighted by Gasteiger charge is 2.12. The molecular formula is C12H8FNO. The lowest BCUT2D eigenvalue weighted by atomic mass is 10.0. The third-order valence-electron chi connectivity index (χ3n) is 2.06. The Morgan fingerprint density at radius 1 is 1.07 bits per heavy atom. The van der Waals surface area contributed by atoms with Gasteiger partial charge in [0.05, 0.1) is 5.56 Å². The van der Waals surface area contributed by atoms with E-state index < -0.39 is 5.82 Å². The Morgan fingerprint density at radius 2 is 1.73 bits per heavy atom. The minimum Gasteiger partial charge on any atom is -0.288 e. The number of rotatable bonds is 2. The van der Waals surface area contributed by atoms with Crippen LogP contribution in [0.15, 0.2) is 48.8 Å². The highest BCUT2D eigenvalue weighted by Crippen LogP contribution is 2.12. The van der Waals surface area contributed by atoms with Gasteiger partial charge in [0.1, 0.15) is 5.82 Å². The fourth-order valence-corrected chi connectivity index (χ4v) is 1.30. The van der Waals surface area contributed by atoms with Crippen molar-refractivity contribution in [2.75, 3.05) is 0 Å². The molecule has 3 heteroatoms. The van der Waals surface area contributed by atoms with E-state index >= 15 is 0 Å². The summed E-state index contributed by atoms with van der Waals surface area (Å²) >= 11 is 0. The van der Waals surface area contributed by atoms with Gasteiger partial charge < -0.3 is 0 Å². The first kappa shape index (κ1) is 9.52. The molecule has 0 atom stereocenters. The Morgan fingerprint density at radius 3 is 2.40 bits per heavy atom. The van der Waals surface area contributed by atoms with Crippen LogP contribution in [0.25, 0.3) is 0 Å². The molecule has 0 bridgehead atoms. The van der Waals surface area contributed by atoms with Gasteiger partial charge in [-0.05, 0) is 24.3 Å². The first-order valence-electron chi connectivity index (χ1n) is 4.48. The van der Waals surface area contributed by atoms with E-state index in [9.17, 15) is 9.18 Å². The van der Waals surface area contributed by atoms with Crippen LogP contribution in [0.4, 0.5) is 4.39 Å². The SMILES string of the molecule is O=C(c1ccncc1)c1ccccc1F. The Balaban J connectivity index is 2.42. The summed E-state index contributed by atoms with van der Waals surface area (Å²) < 4.78 is 13.3. The average molecular weight is 201 g/mol. The van der Waals surface area contributed by atoms with Gasteiger partial charge in [-0.25, -0.2) is 4.39 Å². The molecule has 2 aromatic rings. The Hall–Kier alpha value is -2.03. The van der Waals surface area contributed by atoms with Gasteiger partial charge in [-0.1, -0.05) is 12.1 Å². The van der Waals surface area contributed by atoms with Gasteiger partial charge in [0.15, 0.2) is 5.78 Å². The van der Waals surface area contributed by atoms with Gasteiger partial charge in [0.25, 0.3) is 0 Å². The molecule has 1 aromatic carbocycles. The Bertz CT molecular complexity index is 482. The molecular weight excluding hydrogens is 193 g/mol. The number of hydrogen-bond donors (Lipinski definition) is 0. The van der Waals surface area contributed by atoms with Crippen molar-refractivity contribution in [1.29, 1.82) is 0 Å². The van der Waals surface area contributed by atoms with Gasteiger partial charge >= 0.3 is 0 Å². The van der Waals surface area contributed by atoms with E-state index in [-0.39, 0.29) is 11.3 Å². The van der Waals surface area contributed by atoms with E-state index in [2.05, 4.69) is 4.98 Å². The fraction of sp³-hybridized carbons (Fsp3) is 0. The van der Waals surface area contributed by atoms with E-state index in [0.717, 1.165) is 0 Å². The lowest BCUT2D eigenvalue weighted by molar-refractivity contribution is 0.103. The number of aromatic nitrogens is 1. The van der Waals surface area contributed by atoms with Gasteiger partial charge in [0.2, 0.25) is 0 Å². The largest absolute Gasteiger partial charge is 0.288 e. The zero-order valence-corrected chi connectivity index (χ0v) is 7.85. The number of halogens is 1. The van der Waals surface area contributed by atoms with Crippen molar-refractivity contribution in [3.8, 4) is 0 Å². The third-order valence-corrected chi connectivity index (χ3v) is 2.06. The van der Waals surface area contributed by atoms with Crippen LogP contribution in [0.1, 0.15) is 15.9 Å². The maximum Gasteiger partial charge on any atom is 0.196 e. The van der Waals surface area contributed by atoms with Crippen molar-refractivity contribution in [3.63, 3.8) is 0 Å². The van der Waals surface area contributed by atoms with Crippen LogP contribution in [0, 0.1) is 5.82 Å². The third kappa shape index (κ3) is 1.91. The standard InChI is InChI=1S/C12H8FNO/c13-11-4-2-1-3-10(11)12(15)9-5-7-14-8-6-9/h1-8H. The molecule has 0 aliphatic rings. The average Bonchev–Trinajstić information content (AvgIpc) is 2.30. The van der Waals surface area contributed by atoms with Crippen LogP contribution < -0.4 is 0 Å². The summed E-state index contributed by atoms with van der Waals surface area (Å²) in [6, 6.07) is 9.06. The molecule has 0 amide bonds. The highest BCUT2D eigenvalue weighted by molar-refractivity contribution is 6.09. The summed E-state index contributed by atoms with van der Waals surface area (Å²) in [6.07, 6.45) is 3.02. The van der Waals surface area contributed by atoms with E-state index in [1.54, 1.807) is 24.3 Å². The van der Waals surface area contributed by atoms with Crippen LogP contribution in [-0.2, 0) is 0 Å². The van der Waals surface area contributed by atoms with Gasteiger partial charge in [-0.15, -0.1) is 0 Å².